The summed E-state index contributed by atoms with van der Waals surface area (Å²) < 4.78 is 17.9. The Kier molecular flexibility index (Phi) is 25.6. The van der Waals surface area contributed by atoms with Crippen LogP contribution in [-0.4, -0.2) is 126 Å². The van der Waals surface area contributed by atoms with Gasteiger partial charge >= 0.3 is 17.9 Å². The van der Waals surface area contributed by atoms with Crippen LogP contribution in [0.4, 0.5) is 22.7 Å². The third-order valence-corrected chi connectivity index (χ3v) is 37.2. The van der Waals surface area contributed by atoms with Crippen molar-refractivity contribution >= 4 is 81.1 Å². The van der Waals surface area contributed by atoms with E-state index in [1.165, 1.54) is 104 Å². The van der Waals surface area contributed by atoms with E-state index in [0.717, 1.165) is 145 Å². The highest BCUT2D eigenvalue weighted by atomic mass is 16.6. The van der Waals surface area contributed by atoms with Gasteiger partial charge in [-0.25, -0.2) is 0 Å². The maximum absolute atomic E-state index is 13.2. The first kappa shape index (κ1) is 95.3. The lowest BCUT2D eigenvalue weighted by molar-refractivity contribution is -0.182. The minimum atomic E-state index is -1.24. The monoisotopic (exact) mass is 1820 g/mol. The Labute approximate surface area is 791 Å². The molecule has 0 radical (unpaired) electrons. The minimum Gasteiger partial charge on any atom is -0.508 e. The van der Waals surface area contributed by atoms with Crippen LogP contribution in [0.25, 0.3) is 0 Å². The number of ketones is 7. The summed E-state index contributed by atoms with van der Waals surface area (Å²) in [7, 11) is 10.1. The highest BCUT2D eigenvalue weighted by molar-refractivity contribution is 5.96. The summed E-state index contributed by atoms with van der Waals surface area (Å²) in [6, 6.07) is 34.2. The van der Waals surface area contributed by atoms with Crippen LogP contribution in [0, 0.1) is 74.9 Å². The highest BCUT2D eigenvalue weighted by Gasteiger charge is 2.72. The van der Waals surface area contributed by atoms with Crippen molar-refractivity contribution in [2.45, 2.75) is 289 Å². The average molecular weight is 1820 g/mol. The molecule has 13 unspecified atom stereocenters. The third kappa shape index (κ3) is 15.8. The van der Waals surface area contributed by atoms with E-state index < -0.39 is 44.1 Å². The van der Waals surface area contributed by atoms with E-state index >= 15 is 0 Å². The molecular formula is C115H140N4O15. The molecule has 8 fully saturated rings. The van der Waals surface area contributed by atoms with Crippen molar-refractivity contribution in [1.29, 1.82) is 0 Å². The van der Waals surface area contributed by atoms with Crippen molar-refractivity contribution in [2.24, 2.45) is 74.9 Å². The fraction of sp³-hybridized carbons (Fsp3) is 0.548. The molecule has 16 aliphatic carbocycles. The molecule has 19 nitrogen and oxygen atoms in total. The lowest BCUT2D eigenvalue weighted by atomic mass is 9.50. The van der Waals surface area contributed by atoms with Crippen molar-refractivity contribution in [3.63, 3.8) is 0 Å². The quantitative estimate of drug-likeness (QED) is 0.0518. The van der Waals surface area contributed by atoms with Gasteiger partial charge in [-0.05, 0) is 363 Å². The molecule has 20 rings (SSSR count). The summed E-state index contributed by atoms with van der Waals surface area (Å²) in [5, 5.41) is 25.0. The fourth-order valence-electron chi connectivity index (χ4n) is 31.1. The van der Waals surface area contributed by atoms with Gasteiger partial charge in [-0.2, -0.15) is 0 Å². The highest BCUT2D eigenvalue weighted by Crippen LogP contribution is 2.73. The van der Waals surface area contributed by atoms with Crippen LogP contribution >= 0.6 is 0 Å². The van der Waals surface area contributed by atoms with Gasteiger partial charge in [-0.15, -0.1) is 0 Å². The number of Topliss-reactive ketones (excluding diaryl/α,β-unsaturated/α-hetero) is 4. The zero-order valence-electron chi connectivity index (χ0n) is 81.8. The number of carbonyl (C=O) groups excluding carboxylic acids is 10. The number of nitrogen functional groups attached to an aromatic ring is 1. The third-order valence-electron chi connectivity index (χ3n) is 37.2. The second kappa shape index (κ2) is 35.9. The fourth-order valence-corrected chi connectivity index (χ4v) is 31.1. The van der Waals surface area contributed by atoms with Gasteiger partial charge in [0.1, 0.15) is 11.4 Å². The molecule has 4 aromatic rings. The van der Waals surface area contributed by atoms with Gasteiger partial charge in [0.2, 0.25) is 0 Å². The van der Waals surface area contributed by atoms with Crippen LogP contribution in [-0.2, 0) is 62.2 Å². The number of nitrogens with zero attached hydrogens (tertiary/aromatic N) is 2. The number of anilines is 4. The van der Waals surface area contributed by atoms with E-state index in [2.05, 4.69) is 134 Å². The van der Waals surface area contributed by atoms with Gasteiger partial charge < -0.3 is 45.3 Å². The summed E-state index contributed by atoms with van der Waals surface area (Å²) in [5.41, 5.74) is 23.8. The number of esters is 3. The van der Waals surface area contributed by atoms with Crippen molar-refractivity contribution in [1.82, 2.24) is 0 Å². The Hall–Kier alpha value is -10.4. The zero-order chi connectivity index (χ0) is 95.8. The first-order valence-corrected chi connectivity index (χ1v) is 49.8. The number of aliphatic hydroxyl groups excluding tert-OH is 1. The van der Waals surface area contributed by atoms with Gasteiger partial charge in [0, 0.05) is 149 Å². The van der Waals surface area contributed by atoms with Crippen molar-refractivity contribution < 1.29 is 72.4 Å². The van der Waals surface area contributed by atoms with Gasteiger partial charge in [0.25, 0.3) is 0 Å². The van der Waals surface area contributed by atoms with Crippen molar-refractivity contribution in [2.75, 3.05) is 56.1 Å². The first-order chi connectivity index (χ1) is 63.6. The summed E-state index contributed by atoms with van der Waals surface area (Å²) in [6.45, 7) is 19.3. The topological polar surface area (TPSA) is 283 Å². The standard InChI is InChI=1S/C30H37NO4.C29H35NO4.C28H33NO4.C28H35NO3/c1-18(32)30(35-19(2)33)15-14-27-25-12-8-21-16-23(34)11-13-24(21)28(25)26(17-29(27,30)3)20-6-9-22(10-7-20)31(4)5;1-17(31)29(34-18(2)32)14-13-26-24-11-7-20-15-22(33)10-12-23(20)27(24)25(16-28(26,29)3)19-5-8-21(30-4)9-6-19;1-16(30)28(33-17(2)31)13-12-25-23-10-6-19-14-21(32)9-11-22(19)26(23)24(15-27(25,28)3)18-4-7-20(29)8-5-18;1-17(30)28(32)14-13-25-23-11-7-19-15-21(31)10-12-22(19)26(23)24(16-27(25,28)2)18-5-8-20(9-6-18)29(3)4/h6-7,9-11,13,16,21,25-27,34H,8,12,14-15,17H2,1-5H3;5-6,8-9,15,24-26,30H,7,10-14,16H2,1-4H3;4-5,7-8,14,23-25H,6,9-13,15,29H2,1-3H3;5-6,8-9,15,23-25,32H,7,10-14,16H2,1-4H3/t21?,25?,26-,27?,29+,30?;24?,25-,26?,28+,29?;2*23?,24-,25?,27+,28?/m1111/s1. The Morgan fingerprint density at radius 1 is 0.388 bits per heavy atom. The van der Waals surface area contributed by atoms with E-state index in [1.807, 2.05) is 77.8 Å². The van der Waals surface area contributed by atoms with E-state index in [-0.39, 0.29) is 106 Å². The number of aliphatic hydroxyl groups is 2. The number of nitrogens with two attached hydrogens (primary N) is 1. The van der Waals surface area contributed by atoms with E-state index in [0.29, 0.717) is 80.3 Å². The molecule has 134 heavy (non-hydrogen) atoms. The van der Waals surface area contributed by atoms with Crippen LogP contribution in [0.3, 0.4) is 0 Å². The molecule has 0 amide bonds. The SMILES string of the molecule is CC(=O)C1(O)CCC2C3CCC4=CC(=O)CCC4=C3[C@@H](c3ccc(N(C)C)cc3)C[C@@]21C.CC(=O)OC1(C(C)=O)CCC2C3CCC4=CC(=O)CCC4=C3[C@@H](c3ccc(N)cc3)C[C@@]21C.CC(=O)OC1(C(C)=O)CCC2C3CCC4C=C(O)C=CC4=C3[C@@H](c3ccc(N(C)C)cc3)C[C@@]21C.CNc1ccc([C@H]2C[C@@]3(C)C(CCC3(OC(C)=O)C(C)=O)C3CCC4=CC(=O)CCC4=C32)cc1. The molecule has 0 saturated heterocycles. The van der Waals surface area contributed by atoms with Crippen LogP contribution in [0.15, 0.2) is 201 Å². The molecular weight excluding hydrogens is 1680 g/mol. The summed E-state index contributed by atoms with van der Waals surface area (Å²) >= 11 is 0. The van der Waals surface area contributed by atoms with Gasteiger partial charge in [0.05, 0.1) is 0 Å². The first-order valence-electron chi connectivity index (χ1n) is 49.8. The number of hydrogen-bond donors (Lipinski definition) is 4. The molecule has 21 atom stereocenters. The Morgan fingerprint density at radius 3 is 1.04 bits per heavy atom. The van der Waals surface area contributed by atoms with Crippen LogP contribution in [0.5, 0.6) is 0 Å². The number of carbonyl (C=O) groups is 10. The second-order valence-corrected chi connectivity index (χ2v) is 43.9. The minimum absolute atomic E-state index is 0.0328. The maximum Gasteiger partial charge on any atom is 0.303 e. The van der Waals surface area contributed by atoms with E-state index in [1.54, 1.807) is 27.7 Å². The Balaban J connectivity index is 0.000000124. The van der Waals surface area contributed by atoms with Crippen LogP contribution in [0.1, 0.15) is 289 Å². The lowest BCUT2D eigenvalue weighted by Gasteiger charge is -2.55. The van der Waals surface area contributed by atoms with Crippen molar-refractivity contribution in [3.8, 4) is 0 Å². The summed E-state index contributed by atoms with van der Waals surface area (Å²) in [6.07, 6.45) is 32.4. The molecule has 0 aliphatic heterocycles. The molecule has 0 heterocycles. The van der Waals surface area contributed by atoms with Crippen molar-refractivity contribution in [3.05, 3.63) is 223 Å². The molecule has 0 aromatic heterocycles. The molecule has 710 valence electrons. The average Bonchev–Trinajstić information content (AvgIpc) is 1.52. The van der Waals surface area contributed by atoms with E-state index in [4.69, 9.17) is 19.9 Å². The molecule has 8 saturated carbocycles. The number of hydrogen-bond acceptors (Lipinski definition) is 19. The van der Waals surface area contributed by atoms with Gasteiger partial charge in [-0.3, -0.25) is 47.9 Å². The zero-order valence-corrected chi connectivity index (χ0v) is 81.8. The Bertz CT molecular complexity index is 5790. The van der Waals surface area contributed by atoms with E-state index in [9.17, 15) is 58.2 Å². The number of allylic oxidation sites excluding steroid dienone is 17. The maximum atomic E-state index is 13.2. The second-order valence-electron chi connectivity index (χ2n) is 43.9. The Morgan fingerprint density at radius 2 is 0.709 bits per heavy atom. The number of rotatable bonds is 14. The molecule has 5 N–H and O–H groups in total. The number of fused-ring (bicyclic) bond motifs is 16. The van der Waals surface area contributed by atoms with Gasteiger partial charge in [-0.1, -0.05) is 105 Å². The number of benzene rings is 4. The largest absolute Gasteiger partial charge is 0.508 e. The van der Waals surface area contributed by atoms with Crippen LogP contribution in [0.2, 0.25) is 0 Å². The predicted octanol–water partition coefficient (Wildman–Crippen LogP) is 21.4. The molecule has 0 spiro atoms. The summed E-state index contributed by atoms with van der Waals surface area (Å²) in [4.78, 5) is 130. The predicted molar refractivity (Wildman–Crippen MR) is 522 cm³/mol. The molecule has 4 aromatic carbocycles. The number of nitrogens with one attached hydrogen (secondary N) is 1. The normalized spacial score (nSPS) is 35.4. The molecule has 16 aliphatic rings. The lowest BCUT2D eigenvalue weighted by Crippen LogP contribution is -2.57. The number of ether oxygens (including phenoxy) is 3. The smallest absolute Gasteiger partial charge is 0.303 e. The van der Waals surface area contributed by atoms with Gasteiger partial charge in [0.15, 0.2) is 57.3 Å². The summed E-state index contributed by atoms with van der Waals surface area (Å²) in [5.74, 6) is 3.00. The van der Waals surface area contributed by atoms with Crippen LogP contribution < -0.4 is 20.9 Å². The molecule has 19 heteroatoms. The molecule has 0 bridgehead atoms.